The highest BCUT2D eigenvalue weighted by Gasteiger charge is 2.24. The van der Waals surface area contributed by atoms with Crippen LogP contribution in [0, 0.1) is 0 Å². The van der Waals surface area contributed by atoms with Crippen LogP contribution in [0.15, 0.2) is 24.4 Å². The summed E-state index contributed by atoms with van der Waals surface area (Å²) in [5, 5.41) is 11.5. The van der Waals surface area contributed by atoms with E-state index >= 15 is 0 Å². The average molecular weight is 290 g/mol. The van der Waals surface area contributed by atoms with E-state index in [1.807, 2.05) is 29.9 Å². The van der Waals surface area contributed by atoms with Gasteiger partial charge in [-0.2, -0.15) is 0 Å². The minimum absolute atomic E-state index is 0.0994. The third-order valence-electron chi connectivity index (χ3n) is 3.42. The number of hydrogen-bond acceptors (Lipinski definition) is 5. The summed E-state index contributed by atoms with van der Waals surface area (Å²) in [6.45, 7) is 2.94. The van der Waals surface area contributed by atoms with Crippen LogP contribution >= 0.6 is 0 Å². The zero-order chi connectivity index (χ0) is 15.2. The highest BCUT2D eigenvalue weighted by molar-refractivity contribution is 5.49. The second kappa shape index (κ2) is 7.08. The molecule has 0 saturated carbocycles. The van der Waals surface area contributed by atoms with Gasteiger partial charge in [0.25, 0.3) is 0 Å². The van der Waals surface area contributed by atoms with Gasteiger partial charge in [0.2, 0.25) is 0 Å². The molecule has 1 aromatic heterocycles. The summed E-state index contributed by atoms with van der Waals surface area (Å²) in [6, 6.07) is 5.67. The molecule has 1 atom stereocenters. The van der Waals surface area contributed by atoms with Crippen LogP contribution in [-0.2, 0) is 6.54 Å². The lowest BCUT2D eigenvalue weighted by Gasteiger charge is -2.22. The molecule has 0 aliphatic rings. The first-order valence-corrected chi connectivity index (χ1v) is 7.03. The maximum atomic E-state index is 5.50. The minimum Gasteiger partial charge on any atom is -0.496 e. The maximum Gasteiger partial charge on any atom is 0.127 e. The molecule has 0 aliphatic carbocycles. The summed E-state index contributed by atoms with van der Waals surface area (Å²) in [5.41, 5.74) is 1.94. The van der Waals surface area contributed by atoms with Crippen molar-refractivity contribution in [2.75, 3.05) is 21.3 Å². The molecule has 2 aromatic rings. The van der Waals surface area contributed by atoms with Crippen LogP contribution in [0.2, 0.25) is 0 Å². The molecule has 0 fully saturated rings. The molecule has 0 aliphatic heterocycles. The molecule has 2 rings (SSSR count). The number of benzene rings is 1. The van der Waals surface area contributed by atoms with Gasteiger partial charge in [0, 0.05) is 6.54 Å². The van der Waals surface area contributed by atoms with Crippen molar-refractivity contribution < 1.29 is 9.47 Å². The number of nitrogens with zero attached hydrogens (tertiary/aromatic N) is 3. The lowest BCUT2D eigenvalue weighted by atomic mass is 10.0. The molecule has 6 nitrogen and oxygen atoms in total. The lowest BCUT2D eigenvalue weighted by molar-refractivity contribution is 0.376. The second-order valence-corrected chi connectivity index (χ2v) is 4.68. The summed E-state index contributed by atoms with van der Waals surface area (Å²) in [5.74, 6) is 1.55. The van der Waals surface area contributed by atoms with Gasteiger partial charge in [0.1, 0.15) is 11.5 Å². The fraction of sp³-hybridized carbons (Fsp3) is 0.467. The first-order valence-electron chi connectivity index (χ1n) is 7.03. The normalized spacial score (nSPS) is 12.2. The highest BCUT2D eigenvalue weighted by atomic mass is 16.5. The summed E-state index contributed by atoms with van der Waals surface area (Å²) < 4.78 is 12.9. The van der Waals surface area contributed by atoms with E-state index in [4.69, 9.17) is 9.47 Å². The molecule has 114 valence electrons. The predicted molar refractivity (Wildman–Crippen MR) is 80.8 cm³/mol. The van der Waals surface area contributed by atoms with Crippen LogP contribution < -0.4 is 14.8 Å². The Bertz CT molecular complexity index is 561. The Kier molecular flexibility index (Phi) is 5.16. The average Bonchev–Trinajstić information content (AvgIpc) is 2.97. The third-order valence-corrected chi connectivity index (χ3v) is 3.42. The standard InChI is InChI=1S/C15H22N4O2/c1-5-9-19-11(10-17-18-19)15(16-2)14-12(20-3)7-6-8-13(14)21-4/h6-8,10,15-16H,5,9H2,1-4H3. The molecule has 0 amide bonds. The Labute approximate surface area is 125 Å². The molecule has 0 radical (unpaired) electrons. The maximum absolute atomic E-state index is 5.50. The Morgan fingerprint density at radius 1 is 1.24 bits per heavy atom. The van der Waals surface area contributed by atoms with Crippen LogP contribution in [0.5, 0.6) is 11.5 Å². The zero-order valence-electron chi connectivity index (χ0n) is 13.0. The van der Waals surface area contributed by atoms with Crippen molar-refractivity contribution in [1.29, 1.82) is 0 Å². The number of aromatic nitrogens is 3. The van der Waals surface area contributed by atoms with Gasteiger partial charge in [-0.25, -0.2) is 4.68 Å². The van der Waals surface area contributed by atoms with Crippen LogP contribution in [-0.4, -0.2) is 36.3 Å². The van der Waals surface area contributed by atoms with E-state index in [-0.39, 0.29) is 6.04 Å². The molecule has 1 N–H and O–H groups in total. The Balaban J connectivity index is 2.53. The smallest absolute Gasteiger partial charge is 0.127 e. The van der Waals surface area contributed by atoms with E-state index < -0.39 is 0 Å². The monoisotopic (exact) mass is 290 g/mol. The van der Waals surface area contributed by atoms with E-state index in [1.54, 1.807) is 20.4 Å². The van der Waals surface area contributed by atoms with Crippen molar-refractivity contribution in [3.63, 3.8) is 0 Å². The number of methoxy groups -OCH3 is 2. The van der Waals surface area contributed by atoms with Crippen LogP contribution in [0.1, 0.15) is 30.6 Å². The van der Waals surface area contributed by atoms with Crippen molar-refractivity contribution in [1.82, 2.24) is 20.3 Å². The zero-order valence-corrected chi connectivity index (χ0v) is 13.0. The van der Waals surface area contributed by atoms with E-state index in [9.17, 15) is 0 Å². The van der Waals surface area contributed by atoms with Crippen molar-refractivity contribution in [2.45, 2.75) is 25.9 Å². The molecule has 6 heteroatoms. The molecular weight excluding hydrogens is 268 g/mol. The summed E-state index contributed by atoms with van der Waals surface area (Å²) in [7, 11) is 5.22. The van der Waals surface area contributed by atoms with Gasteiger partial charge in [-0.3, -0.25) is 0 Å². The number of aryl methyl sites for hydroxylation is 1. The number of ether oxygens (including phenoxy) is 2. The van der Waals surface area contributed by atoms with Crippen molar-refractivity contribution in [3.05, 3.63) is 35.7 Å². The minimum atomic E-state index is -0.0994. The number of hydrogen-bond donors (Lipinski definition) is 1. The molecule has 21 heavy (non-hydrogen) atoms. The fourth-order valence-electron chi connectivity index (χ4n) is 2.48. The van der Waals surface area contributed by atoms with Crippen LogP contribution in [0.3, 0.4) is 0 Å². The summed E-state index contributed by atoms with van der Waals surface area (Å²) >= 11 is 0. The van der Waals surface area contributed by atoms with E-state index in [1.165, 1.54) is 0 Å². The van der Waals surface area contributed by atoms with Gasteiger partial charge >= 0.3 is 0 Å². The van der Waals surface area contributed by atoms with Crippen molar-refractivity contribution >= 4 is 0 Å². The Hall–Kier alpha value is -2.08. The molecule has 1 unspecified atom stereocenters. The molecule has 1 aromatic carbocycles. The molecule has 0 saturated heterocycles. The van der Waals surface area contributed by atoms with Crippen molar-refractivity contribution in [2.24, 2.45) is 0 Å². The van der Waals surface area contributed by atoms with Crippen LogP contribution in [0.25, 0.3) is 0 Å². The highest BCUT2D eigenvalue weighted by Crippen LogP contribution is 2.36. The Morgan fingerprint density at radius 2 is 1.90 bits per heavy atom. The fourth-order valence-corrected chi connectivity index (χ4v) is 2.48. The van der Waals surface area contributed by atoms with Crippen LogP contribution in [0.4, 0.5) is 0 Å². The van der Waals surface area contributed by atoms with Gasteiger partial charge in [-0.15, -0.1) is 5.10 Å². The lowest BCUT2D eigenvalue weighted by Crippen LogP contribution is -2.23. The molecule has 1 heterocycles. The Morgan fingerprint density at radius 3 is 2.43 bits per heavy atom. The van der Waals surface area contributed by atoms with Gasteiger partial charge in [-0.05, 0) is 25.6 Å². The number of nitrogens with one attached hydrogen (secondary N) is 1. The van der Waals surface area contributed by atoms with Gasteiger partial charge in [0.05, 0.1) is 37.7 Å². The molecule has 0 spiro atoms. The third kappa shape index (κ3) is 3.00. The molecular formula is C15H22N4O2. The summed E-state index contributed by atoms with van der Waals surface area (Å²) in [4.78, 5) is 0. The quantitative estimate of drug-likeness (QED) is 0.845. The van der Waals surface area contributed by atoms with Gasteiger partial charge in [0.15, 0.2) is 0 Å². The first kappa shape index (κ1) is 15.3. The van der Waals surface area contributed by atoms with Gasteiger partial charge in [-0.1, -0.05) is 18.2 Å². The number of rotatable bonds is 7. The predicted octanol–water partition coefficient (Wildman–Crippen LogP) is 2.01. The summed E-state index contributed by atoms with van der Waals surface area (Å²) in [6.07, 6.45) is 2.78. The van der Waals surface area contributed by atoms with E-state index in [0.717, 1.165) is 35.7 Å². The SMILES string of the molecule is CCCn1nncc1C(NC)c1c(OC)cccc1OC. The van der Waals surface area contributed by atoms with E-state index in [0.29, 0.717) is 0 Å². The largest absolute Gasteiger partial charge is 0.496 e. The topological polar surface area (TPSA) is 61.2 Å². The molecule has 0 bridgehead atoms. The van der Waals surface area contributed by atoms with E-state index in [2.05, 4.69) is 22.6 Å². The second-order valence-electron chi connectivity index (χ2n) is 4.68. The van der Waals surface area contributed by atoms with Crippen molar-refractivity contribution in [3.8, 4) is 11.5 Å². The van der Waals surface area contributed by atoms with Gasteiger partial charge < -0.3 is 14.8 Å². The first-order chi connectivity index (χ1) is 10.3.